The van der Waals surface area contributed by atoms with E-state index in [1.807, 2.05) is 14.1 Å². The molecule has 0 radical (unpaired) electrons. The third-order valence-electron chi connectivity index (χ3n) is 3.46. The molecule has 1 amide bonds. The second kappa shape index (κ2) is 5.89. The first-order valence-corrected chi connectivity index (χ1v) is 7.51. The summed E-state index contributed by atoms with van der Waals surface area (Å²) in [7, 11) is 4.01. The Morgan fingerprint density at radius 2 is 1.95 bits per heavy atom. The number of carbonyl (C=O) groups is 1. The molecule has 2 rings (SSSR count). The lowest BCUT2D eigenvalue weighted by molar-refractivity contribution is -0.116. The first-order chi connectivity index (χ1) is 9.40. The average Bonchev–Trinajstić information content (AvgIpc) is 2.78. The Morgan fingerprint density at radius 1 is 1.25 bits per heavy atom. The van der Waals surface area contributed by atoms with E-state index >= 15 is 0 Å². The van der Waals surface area contributed by atoms with Gasteiger partial charge in [0.1, 0.15) is 0 Å². The van der Waals surface area contributed by atoms with Gasteiger partial charge in [0.2, 0.25) is 5.91 Å². The van der Waals surface area contributed by atoms with Crippen LogP contribution in [0, 0.1) is 13.8 Å². The van der Waals surface area contributed by atoms with Crippen LogP contribution in [-0.4, -0.2) is 43.0 Å². The zero-order valence-electron chi connectivity index (χ0n) is 12.7. The monoisotopic (exact) mass is 291 g/mol. The van der Waals surface area contributed by atoms with Gasteiger partial charge < -0.3 is 4.90 Å². The van der Waals surface area contributed by atoms with Gasteiger partial charge in [-0.05, 0) is 45.1 Å². The molecule has 1 heterocycles. The molecule has 0 unspecified atom stereocenters. The fourth-order valence-corrected chi connectivity index (χ4v) is 3.11. The number of benzene rings is 1. The summed E-state index contributed by atoms with van der Waals surface area (Å²) in [4.78, 5) is 20.4. The third kappa shape index (κ3) is 2.99. The van der Waals surface area contributed by atoms with E-state index in [-0.39, 0.29) is 5.91 Å². The Labute approximate surface area is 124 Å². The zero-order valence-corrected chi connectivity index (χ0v) is 13.5. The summed E-state index contributed by atoms with van der Waals surface area (Å²) in [5.74, 6) is 0.0419. The van der Waals surface area contributed by atoms with Crippen molar-refractivity contribution < 1.29 is 4.79 Å². The number of amides is 1. The van der Waals surface area contributed by atoms with Gasteiger partial charge in [-0.3, -0.25) is 9.69 Å². The SMILES string of the molecule is CC(=O)N(CCN(C)C)c1nc2c(C)c(C)ccc2s1. The number of anilines is 1. The van der Waals surface area contributed by atoms with Crippen LogP contribution in [0.4, 0.5) is 5.13 Å². The summed E-state index contributed by atoms with van der Waals surface area (Å²) in [6, 6.07) is 4.20. The van der Waals surface area contributed by atoms with Gasteiger partial charge in [-0.1, -0.05) is 17.4 Å². The quantitative estimate of drug-likeness (QED) is 0.869. The highest BCUT2D eigenvalue weighted by atomic mass is 32.1. The zero-order chi connectivity index (χ0) is 14.9. The molecule has 0 saturated heterocycles. The van der Waals surface area contributed by atoms with Gasteiger partial charge in [-0.2, -0.15) is 0 Å². The van der Waals surface area contributed by atoms with E-state index in [1.165, 1.54) is 11.1 Å². The van der Waals surface area contributed by atoms with E-state index in [9.17, 15) is 4.79 Å². The topological polar surface area (TPSA) is 36.4 Å². The fourth-order valence-electron chi connectivity index (χ4n) is 2.02. The van der Waals surface area contributed by atoms with Gasteiger partial charge in [0.25, 0.3) is 0 Å². The second-order valence-corrected chi connectivity index (χ2v) is 6.33. The molecule has 1 aromatic carbocycles. The molecule has 0 saturated carbocycles. The lowest BCUT2D eigenvalue weighted by Gasteiger charge is -2.20. The Balaban J connectivity index is 2.39. The number of aromatic nitrogens is 1. The minimum absolute atomic E-state index is 0.0419. The molecule has 108 valence electrons. The van der Waals surface area contributed by atoms with Crippen LogP contribution < -0.4 is 4.90 Å². The molecule has 0 bridgehead atoms. The molecule has 0 N–H and O–H groups in total. The van der Waals surface area contributed by atoms with Gasteiger partial charge in [-0.15, -0.1) is 0 Å². The van der Waals surface area contributed by atoms with E-state index in [2.05, 4.69) is 35.9 Å². The number of hydrogen-bond donors (Lipinski definition) is 0. The highest BCUT2D eigenvalue weighted by Gasteiger charge is 2.17. The van der Waals surface area contributed by atoms with E-state index < -0.39 is 0 Å². The van der Waals surface area contributed by atoms with Gasteiger partial charge >= 0.3 is 0 Å². The lowest BCUT2D eigenvalue weighted by atomic mass is 10.1. The van der Waals surface area contributed by atoms with Crippen LogP contribution in [0.5, 0.6) is 0 Å². The maximum absolute atomic E-state index is 11.9. The van der Waals surface area contributed by atoms with E-state index in [4.69, 9.17) is 0 Å². The molecule has 20 heavy (non-hydrogen) atoms. The Kier molecular flexibility index (Phi) is 4.40. The summed E-state index contributed by atoms with van der Waals surface area (Å²) in [6.45, 7) is 7.26. The number of carbonyl (C=O) groups excluding carboxylic acids is 1. The number of fused-ring (bicyclic) bond motifs is 1. The van der Waals surface area contributed by atoms with Gasteiger partial charge in [0.05, 0.1) is 10.2 Å². The molecule has 0 spiro atoms. The molecular formula is C15H21N3OS. The van der Waals surface area contributed by atoms with Crippen molar-refractivity contribution in [3.63, 3.8) is 0 Å². The molecule has 0 aliphatic heterocycles. The van der Waals surface area contributed by atoms with Gasteiger partial charge in [0, 0.05) is 20.0 Å². The Bertz CT molecular complexity index is 633. The van der Waals surface area contributed by atoms with Crippen molar-refractivity contribution in [1.82, 2.24) is 9.88 Å². The summed E-state index contributed by atoms with van der Waals surface area (Å²) in [6.07, 6.45) is 0. The molecule has 0 fully saturated rings. The van der Waals surface area contributed by atoms with Crippen molar-refractivity contribution >= 4 is 32.6 Å². The number of likely N-dealkylation sites (N-methyl/N-ethyl adjacent to an activating group) is 1. The molecular weight excluding hydrogens is 270 g/mol. The predicted octanol–water partition coefficient (Wildman–Crippen LogP) is 2.83. The van der Waals surface area contributed by atoms with Crippen LogP contribution in [0.3, 0.4) is 0 Å². The first kappa shape index (κ1) is 14.9. The summed E-state index contributed by atoms with van der Waals surface area (Å²) < 4.78 is 1.14. The fraction of sp³-hybridized carbons (Fsp3) is 0.467. The van der Waals surface area contributed by atoms with E-state index in [0.29, 0.717) is 6.54 Å². The van der Waals surface area contributed by atoms with Crippen LogP contribution in [0.2, 0.25) is 0 Å². The van der Waals surface area contributed by atoms with Crippen molar-refractivity contribution in [1.29, 1.82) is 0 Å². The molecule has 0 aliphatic carbocycles. The standard InChI is InChI=1S/C15H21N3OS/c1-10-6-7-13-14(11(10)2)16-15(20-13)18(12(3)19)9-8-17(4)5/h6-7H,8-9H2,1-5H3. The van der Waals surface area contributed by atoms with Crippen LogP contribution >= 0.6 is 11.3 Å². The number of rotatable bonds is 4. The highest BCUT2D eigenvalue weighted by Crippen LogP contribution is 2.31. The largest absolute Gasteiger partial charge is 0.308 e. The molecule has 5 heteroatoms. The summed E-state index contributed by atoms with van der Waals surface area (Å²) >= 11 is 1.58. The Morgan fingerprint density at radius 3 is 2.55 bits per heavy atom. The maximum atomic E-state index is 11.9. The van der Waals surface area contributed by atoms with Crippen LogP contribution in [0.1, 0.15) is 18.1 Å². The number of hydrogen-bond acceptors (Lipinski definition) is 4. The molecule has 4 nitrogen and oxygen atoms in total. The molecule has 0 atom stereocenters. The smallest absolute Gasteiger partial charge is 0.225 e. The molecule has 2 aromatic rings. The van der Waals surface area contributed by atoms with Crippen molar-refractivity contribution in [3.8, 4) is 0 Å². The summed E-state index contributed by atoms with van der Waals surface area (Å²) in [5, 5.41) is 0.794. The maximum Gasteiger partial charge on any atom is 0.225 e. The Hall–Kier alpha value is -1.46. The second-order valence-electron chi connectivity index (χ2n) is 5.32. The molecule has 1 aromatic heterocycles. The molecule has 0 aliphatic rings. The highest BCUT2D eigenvalue weighted by molar-refractivity contribution is 7.22. The average molecular weight is 291 g/mol. The van der Waals surface area contributed by atoms with Crippen LogP contribution in [0.25, 0.3) is 10.2 Å². The first-order valence-electron chi connectivity index (χ1n) is 6.69. The van der Waals surface area contributed by atoms with Gasteiger partial charge in [-0.25, -0.2) is 4.98 Å². The van der Waals surface area contributed by atoms with Crippen molar-refractivity contribution in [2.24, 2.45) is 0 Å². The van der Waals surface area contributed by atoms with Crippen molar-refractivity contribution in [2.45, 2.75) is 20.8 Å². The minimum atomic E-state index is 0.0419. The van der Waals surface area contributed by atoms with E-state index in [1.54, 1.807) is 23.2 Å². The predicted molar refractivity (Wildman–Crippen MR) is 85.7 cm³/mol. The van der Waals surface area contributed by atoms with E-state index in [0.717, 1.165) is 21.9 Å². The van der Waals surface area contributed by atoms with Crippen molar-refractivity contribution in [2.75, 3.05) is 32.1 Å². The number of nitrogens with zero attached hydrogens (tertiary/aromatic N) is 3. The van der Waals surface area contributed by atoms with Crippen LogP contribution in [0.15, 0.2) is 12.1 Å². The van der Waals surface area contributed by atoms with Gasteiger partial charge in [0.15, 0.2) is 5.13 Å². The lowest BCUT2D eigenvalue weighted by Crippen LogP contribution is -2.35. The van der Waals surface area contributed by atoms with Crippen molar-refractivity contribution in [3.05, 3.63) is 23.3 Å². The summed E-state index contributed by atoms with van der Waals surface area (Å²) in [5.41, 5.74) is 3.44. The number of thiazole rings is 1. The third-order valence-corrected chi connectivity index (χ3v) is 4.50. The van der Waals surface area contributed by atoms with Crippen LogP contribution in [-0.2, 0) is 4.79 Å². The number of aryl methyl sites for hydroxylation is 2. The normalized spacial score (nSPS) is 11.3. The minimum Gasteiger partial charge on any atom is -0.308 e.